The van der Waals surface area contributed by atoms with Crippen LogP contribution in [0.25, 0.3) is 5.57 Å². The van der Waals surface area contributed by atoms with Crippen molar-refractivity contribution >= 4 is 11.5 Å². The highest BCUT2D eigenvalue weighted by atomic mass is 16.4. The Balaban J connectivity index is 2.75. The molecule has 0 amide bonds. The number of hydrogen-bond acceptors (Lipinski definition) is 4. The van der Waals surface area contributed by atoms with Crippen molar-refractivity contribution in [2.45, 2.75) is 33.6 Å². The second-order valence-corrected chi connectivity index (χ2v) is 5.79. The lowest BCUT2D eigenvalue weighted by Crippen LogP contribution is -2.14. The number of allylic oxidation sites excluding steroid dienone is 1. The van der Waals surface area contributed by atoms with Crippen LogP contribution in [0.15, 0.2) is 36.0 Å². The molecular formula is C18H21N3O2. The van der Waals surface area contributed by atoms with Crippen LogP contribution in [0.5, 0.6) is 0 Å². The summed E-state index contributed by atoms with van der Waals surface area (Å²) in [4.78, 5) is 20.4. The van der Waals surface area contributed by atoms with Crippen molar-refractivity contribution < 1.29 is 9.90 Å². The number of aromatic carboxylic acids is 1. The summed E-state index contributed by atoms with van der Waals surface area (Å²) in [7, 11) is 0. The zero-order valence-electron chi connectivity index (χ0n) is 13.8. The second kappa shape index (κ2) is 6.60. The molecule has 0 radical (unpaired) electrons. The van der Waals surface area contributed by atoms with Gasteiger partial charge in [0.15, 0.2) is 11.5 Å². The first-order valence-electron chi connectivity index (χ1n) is 7.46. The van der Waals surface area contributed by atoms with E-state index in [9.17, 15) is 9.90 Å². The van der Waals surface area contributed by atoms with Crippen molar-refractivity contribution in [3.63, 3.8) is 0 Å². The molecule has 3 N–H and O–H groups in total. The molecule has 23 heavy (non-hydrogen) atoms. The van der Waals surface area contributed by atoms with Crippen molar-refractivity contribution in [1.29, 1.82) is 0 Å². The molecule has 1 aromatic heterocycles. The molecule has 5 nitrogen and oxygen atoms in total. The minimum atomic E-state index is -1.06. The van der Waals surface area contributed by atoms with Gasteiger partial charge in [0.1, 0.15) is 0 Å². The van der Waals surface area contributed by atoms with Crippen LogP contribution in [0.2, 0.25) is 0 Å². The fraction of sp³-hybridized carbons (Fsp3) is 0.278. The Morgan fingerprint density at radius 1 is 1.17 bits per heavy atom. The Hall–Kier alpha value is -2.69. The SMILES string of the molecule is CC(N)=C(c1ccccc1)c1nc(C(=O)O)c(C)c(C(C)C)n1. The van der Waals surface area contributed by atoms with Gasteiger partial charge < -0.3 is 10.8 Å². The minimum Gasteiger partial charge on any atom is -0.477 e. The molecule has 0 atom stereocenters. The van der Waals surface area contributed by atoms with E-state index in [0.717, 1.165) is 11.3 Å². The van der Waals surface area contributed by atoms with E-state index < -0.39 is 5.97 Å². The van der Waals surface area contributed by atoms with Gasteiger partial charge in [-0.3, -0.25) is 0 Å². The molecule has 0 fully saturated rings. The monoisotopic (exact) mass is 311 g/mol. The van der Waals surface area contributed by atoms with Crippen molar-refractivity contribution in [3.8, 4) is 0 Å². The molecule has 0 saturated heterocycles. The Morgan fingerprint density at radius 3 is 2.26 bits per heavy atom. The van der Waals surface area contributed by atoms with E-state index in [1.807, 2.05) is 44.2 Å². The minimum absolute atomic E-state index is 0.0216. The fourth-order valence-corrected chi connectivity index (χ4v) is 2.55. The Morgan fingerprint density at radius 2 is 1.78 bits per heavy atom. The van der Waals surface area contributed by atoms with Gasteiger partial charge in [-0.15, -0.1) is 0 Å². The van der Waals surface area contributed by atoms with Gasteiger partial charge in [-0.1, -0.05) is 44.2 Å². The molecule has 0 aliphatic heterocycles. The molecule has 0 spiro atoms. The molecule has 1 aromatic carbocycles. The lowest BCUT2D eigenvalue weighted by atomic mass is 10.00. The van der Waals surface area contributed by atoms with E-state index >= 15 is 0 Å². The van der Waals surface area contributed by atoms with Gasteiger partial charge in [0, 0.05) is 16.8 Å². The summed E-state index contributed by atoms with van der Waals surface area (Å²) in [5.41, 5.74) is 9.46. The van der Waals surface area contributed by atoms with E-state index in [0.29, 0.717) is 22.7 Å². The number of carbonyl (C=O) groups is 1. The van der Waals surface area contributed by atoms with Crippen LogP contribution >= 0.6 is 0 Å². The van der Waals surface area contributed by atoms with Crippen LogP contribution in [-0.2, 0) is 0 Å². The number of nitrogens with zero attached hydrogens (tertiary/aromatic N) is 2. The van der Waals surface area contributed by atoms with Crippen molar-refractivity contribution in [2.75, 3.05) is 0 Å². The van der Waals surface area contributed by atoms with Crippen LogP contribution in [0.1, 0.15) is 59.8 Å². The van der Waals surface area contributed by atoms with E-state index in [4.69, 9.17) is 5.73 Å². The molecule has 5 heteroatoms. The first-order valence-corrected chi connectivity index (χ1v) is 7.46. The van der Waals surface area contributed by atoms with Crippen LogP contribution in [0.3, 0.4) is 0 Å². The third-order valence-corrected chi connectivity index (χ3v) is 3.61. The van der Waals surface area contributed by atoms with Crippen molar-refractivity contribution in [3.05, 3.63) is 64.4 Å². The molecular weight excluding hydrogens is 290 g/mol. The van der Waals surface area contributed by atoms with Crippen LogP contribution < -0.4 is 5.73 Å². The Bertz CT molecular complexity index is 761. The maximum atomic E-state index is 11.5. The molecule has 0 aliphatic carbocycles. The van der Waals surface area contributed by atoms with E-state index in [1.54, 1.807) is 13.8 Å². The van der Waals surface area contributed by atoms with Gasteiger partial charge in [0.05, 0.1) is 5.69 Å². The highest BCUT2D eigenvalue weighted by molar-refractivity contribution is 5.88. The largest absolute Gasteiger partial charge is 0.477 e. The maximum absolute atomic E-state index is 11.5. The van der Waals surface area contributed by atoms with Gasteiger partial charge in [-0.2, -0.15) is 0 Å². The summed E-state index contributed by atoms with van der Waals surface area (Å²) in [6, 6.07) is 9.52. The second-order valence-electron chi connectivity index (χ2n) is 5.79. The van der Waals surface area contributed by atoms with Crippen molar-refractivity contribution in [2.24, 2.45) is 5.73 Å². The molecule has 0 saturated carbocycles. The Kier molecular flexibility index (Phi) is 4.79. The van der Waals surface area contributed by atoms with Gasteiger partial charge >= 0.3 is 5.97 Å². The third-order valence-electron chi connectivity index (χ3n) is 3.61. The Labute approximate surface area is 135 Å². The average molecular weight is 311 g/mol. The number of aromatic nitrogens is 2. The predicted molar refractivity (Wildman–Crippen MR) is 90.1 cm³/mol. The molecule has 0 unspecified atom stereocenters. The predicted octanol–water partition coefficient (Wildman–Crippen LogP) is 3.34. The maximum Gasteiger partial charge on any atom is 0.354 e. The molecule has 2 aromatic rings. The highest BCUT2D eigenvalue weighted by Gasteiger charge is 2.21. The average Bonchev–Trinajstić information content (AvgIpc) is 2.49. The fourth-order valence-electron chi connectivity index (χ4n) is 2.55. The summed E-state index contributed by atoms with van der Waals surface area (Å²) in [5, 5.41) is 9.45. The van der Waals surface area contributed by atoms with Gasteiger partial charge in [-0.05, 0) is 25.3 Å². The van der Waals surface area contributed by atoms with Crippen LogP contribution in [0.4, 0.5) is 0 Å². The molecule has 2 rings (SSSR count). The number of carboxylic acids is 1. The summed E-state index contributed by atoms with van der Waals surface area (Å²) >= 11 is 0. The lowest BCUT2D eigenvalue weighted by Gasteiger charge is -2.15. The first-order chi connectivity index (χ1) is 10.8. The standard InChI is InChI=1S/C18H21N3O2/c1-10(2)15-11(3)16(18(22)23)21-17(20-15)14(12(4)19)13-8-6-5-7-9-13/h5-10H,19H2,1-4H3,(H,22,23). The summed E-state index contributed by atoms with van der Waals surface area (Å²) in [6.45, 7) is 7.46. The molecule has 120 valence electrons. The van der Waals surface area contributed by atoms with Gasteiger partial charge in [-0.25, -0.2) is 14.8 Å². The zero-order valence-corrected chi connectivity index (χ0v) is 13.8. The van der Waals surface area contributed by atoms with Crippen LogP contribution in [-0.4, -0.2) is 21.0 Å². The van der Waals surface area contributed by atoms with E-state index in [-0.39, 0.29) is 11.6 Å². The summed E-state index contributed by atoms with van der Waals surface area (Å²) in [6.07, 6.45) is 0. The molecule has 1 heterocycles. The molecule has 0 aliphatic rings. The quantitative estimate of drug-likeness (QED) is 0.904. The normalized spacial score (nSPS) is 12.2. The zero-order chi connectivity index (χ0) is 17.1. The van der Waals surface area contributed by atoms with E-state index in [2.05, 4.69) is 9.97 Å². The van der Waals surface area contributed by atoms with E-state index in [1.165, 1.54) is 0 Å². The van der Waals surface area contributed by atoms with Gasteiger partial charge in [0.2, 0.25) is 0 Å². The van der Waals surface area contributed by atoms with Gasteiger partial charge in [0.25, 0.3) is 0 Å². The third kappa shape index (κ3) is 3.39. The lowest BCUT2D eigenvalue weighted by molar-refractivity contribution is 0.0689. The highest BCUT2D eigenvalue weighted by Crippen LogP contribution is 2.26. The van der Waals surface area contributed by atoms with Crippen LogP contribution in [0, 0.1) is 6.92 Å². The summed E-state index contributed by atoms with van der Waals surface area (Å²) < 4.78 is 0. The van der Waals surface area contributed by atoms with Crippen molar-refractivity contribution in [1.82, 2.24) is 9.97 Å². The number of benzene rings is 1. The number of rotatable bonds is 4. The topological polar surface area (TPSA) is 89.1 Å². The number of nitrogens with two attached hydrogens (primary N) is 1. The number of hydrogen-bond donors (Lipinski definition) is 2. The first kappa shape index (κ1) is 16.7. The summed E-state index contributed by atoms with van der Waals surface area (Å²) in [5.74, 6) is -0.622. The number of carboxylic acid groups (broad SMARTS) is 1. The smallest absolute Gasteiger partial charge is 0.354 e. The molecule has 0 bridgehead atoms.